The molecule has 2 aromatic carbocycles. The number of carbonyl (C=O) groups excluding carboxylic acids is 1. The molecule has 0 radical (unpaired) electrons. The van der Waals surface area contributed by atoms with Crippen LogP contribution in [-0.2, 0) is 4.74 Å². The van der Waals surface area contributed by atoms with Crippen LogP contribution in [0.25, 0.3) is 11.3 Å². The van der Waals surface area contributed by atoms with E-state index in [0.717, 1.165) is 12.0 Å². The Bertz CT molecular complexity index is 943. The van der Waals surface area contributed by atoms with Crippen molar-refractivity contribution in [3.8, 4) is 28.6 Å². The standard InChI is InChI=1S/C23H25N3O4/c1-3-29-16-6-15-24-23(27)18-11-9-17(10-12-18)19-13-14-22(26-25-19)30-21-8-5-4-7-20(21)28-2/h4-5,7-14H,3,6,15-16H2,1-2H3,(H,24,27). The van der Waals surface area contributed by atoms with Crippen molar-refractivity contribution in [3.05, 3.63) is 66.2 Å². The van der Waals surface area contributed by atoms with Crippen LogP contribution in [0.1, 0.15) is 23.7 Å². The van der Waals surface area contributed by atoms with Gasteiger partial charge in [0.2, 0.25) is 5.88 Å². The first-order chi connectivity index (χ1) is 14.7. The second kappa shape index (κ2) is 10.9. The smallest absolute Gasteiger partial charge is 0.251 e. The number of para-hydroxylation sites is 2. The van der Waals surface area contributed by atoms with E-state index < -0.39 is 0 Å². The number of methoxy groups -OCH3 is 1. The lowest BCUT2D eigenvalue weighted by atomic mass is 10.1. The van der Waals surface area contributed by atoms with Gasteiger partial charge in [-0.3, -0.25) is 4.79 Å². The third-order valence-electron chi connectivity index (χ3n) is 4.32. The molecule has 1 heterocycles. The molecule has 1 N–H and O–H groups in total. The van der Waals surface area contributed by atoms with E-state index in [0.29, 0.717) is 48.4 Å². The van der Waals surface area contributed by atoms with Gasteiger partial charge >= 0.3 is 0 Å². The van der Waals surface area contributed by atoms with Gasteiger partial charge in [-0.25, -0.2) is 0 Å². The van der Waals surface area contributed by atoms with E-state index in [1.165, 1.54) is 0 Å². The first-order valence-electron chi connectivity index (χ1n) is 9.82. The number of hydrogen-bond donors (Lipinski definition) is 1. The van der Waals surface area contributed by atoms with Crippen LogP contribution in [0.2, 0.25) is 0 Å². The van der Waals surface area contributed by atoms with Crippen molar-refractivity contribution < 1.29 is 19.0 Å². The van der Waals surface area contributed by atoms with Gasteiger partial charge in [-0.05, 0) is 43.7 Å². The summed E-state index contributed by atoms with van der Waals surface area (Å²) < 4.78 is 16.3. The fourth-order valence-electron chi connectivity index (χ4n) is 2.76. The minimum atomic E-state index is -0.107. The molecule has 0 spiro atoms. The van der Waals surface area contributed by atoms with Crippen molar-refractivity contribution >= 4 is 5.91 Å². The lowest BCUT2D eigenvalue weighted by molar-refractivity contribution is 0.0944. The summed E-state index contributed by atoms with van der Waals surface area (Å²) in [6.07, 6.45) is 0.788. The Kier molecular flexibility index (Phi) is 7.74. The van der Waals surface area contributed by atoms with Crippen molar-refractivity contribution in [1.82, 2.24) is 15.5 Å². The summed E-state index contributed by atoms with van der Waals surface area (Å²) in [5.74, 6) is 1.45. The van der Waals surface area contributed by atoms with Crippen molar-refractivity contribution in [2.45, 2.75) is 13.3 Å². The number of ether oxygens (including phenoxy) is 3. The highest BCUT2D eigenvalue weighted by Crippen LogP contribution is 2.30. The molecule has 0 unspecified atom stereocenters. The zero-order chi connectivity index (χ0) is 21.2. The van der Waals surface area contributed by atoms with Gasteiger partial charge in [0, 0.05) is 37.0 Å². The predicted octanol–water partition coefficient (Wildman–Crippen LogP) is 4.10. The van der Waals surface area contributed by atoms with E-state index >= 15 is 0 Å². The van der Waals surface area contributed by atoms with Crippen molar-refractivity contribution in [3.63, 3.8) is 0 Å². The van der Waals surface area contributed by atoms with Gasteiger partial charge in [-0.2, -0.15) is 0 Å². The summed E-state index contributed by atoms with van der Waals surface area (Å²) in [6.45, 7) is 3.86. The average Bonchev–Trinajstić information content (AvgIpc) is 2.80. The first-order valence-corrected chi connectivity index (χ1v) is 9.82. The summed E-state index contributed by atoms with van der Waals surface area (Å²) in [6, 6.07) is 18.1. The Hall–Kier alpha value is -3.45. The zero-order valence-corrected chi connectivity index (χ0v) is 17.1. The number of nitrogens with one attached hydrogen (secondary N) is 1. The molecule has 30 heavy (non-hydrogen) atoms. The molecule has 3 rings (SSSR count). The van der Waals surface area contributed by atoms with E-state index in [2.05, 4.69) is 15.5 Å². The molecule has 0 saturated heterocycles. The second-order valence-corrected chi connectivity index (χ2v) is 6.39. The van der Waals surface area contributed by atoms with E-state index in [-0.39, 0.29) is 5.91 Å². The highest BCUT2D eigenvalue weighted by Gasteiger charge is 2.09. The Morgan fingerprint density at radius 3 is 2.40 bits per heavy atom. The molecule has 0 atom stereocenters. The van der Waals surface area contributed by atoms with Crippen LogP contribution in [0.15, 0.2) is 60.7 Å². The summed E-state index contributed by atoms with van der Waals surface area (Å²) >= 11 is 0. The molecule has 0 aliphatic rings. The molecule has 1 amide bonds. The molecular weight excluding hydrogens is 382 g/mol. The molecule has 156 valence electrons. The van der Waals surface area contributed by atoms with Crippen LogP contribution in [0.5, 0.6) is 17.4 Å². The van der Waals surface area contributed by atoms with Gasteiger partial charge in [0.15, 0.2) is 11.5 Å². The molecule has 7 heteroatoms. The van der Waals surface area contributed by atoms with Gasteiger partial charge < -0.3 is 19.5 Å². The van der Waals surface area contributed by atoms with Crippen LogP contribution in [-0.4, -0.2) is 43.0 Å². The van der Waals surface area contributed by atoms with Crippen LogP contribution in [0, 0.1) is 0 Å². The van der Waals surface area contributed by atoms with Crippen molar-refractivity contribution in [2.24, 2.45) is 0 Å². The highest BCUT2D eigenvalue weighted by atomic mass is 16.5. The number of rotatable bonds is 10. The van der Waals surface area contributed by atoms with E-state index in [1.807, 2.05) is 43.3 Å². The average molecular weight is 407 g/mol. The van der Waals surface area contributed by atoms with Crippen molar-refractivity contribution in [2.75, 3.05) is 26.9 Å². The summed E-state index contributed by atoms with van der Waals surface area (Å²) in [4.78, 5) is 12.2. The number of aromatic nitrogens is 2. The molecule has 0 bridgehead atoms. The number of hydrogen-bond acceptors (Lipinski definition) is 6. The number of amides is 1. The normalized spacial score (nSPS) is 10.5. The third-order valence-corrected chi connectivity index (χ3v) is 4.32. The fraction of sp³-hybridized carbons (Fsp3) is 0.261. The van der Waals surface area contributed by atoms with Crippen LogP contribution in [0.3, 0.4) is 0 Å². The van der Waals surface area contributed by atoms with Gasteiger partial charge in [-0.1, -0.05) is 24.3 Å². The molecule has 3 aromatic rings. The van der Waals surface area contributed by atoms with Crippen LogP contribution < -0.4 is 14.8 Å². The molecule has 7 nitrogen and oxygen atoms in total. The zero-order valence-electron chi connectivity index (χ0n) is 17.1. The van der Waals surface area contributed by atoms with Gasteiger partial charge in [-0.15, -0.1) is 10.2 Å². The summed E-state index contributed by atoms with van der Waals surface area (Å²) in [5.41, 5.74) is 2.14. The Morgan fingerprint density at radius 2 is 1.73 bits per heavy atom. The number of carbonyl (C=O) groups is 1. The van der Waals surface area contributed by atoms with Crippen LogP contribution >= 0.6 is 0 Å². The SMILES string of the molecule is CCOCCCNC(=O)c1ccc(-c2ccc(Oc3ccccc3OC)nn2)cc1. The van der Waals surface area contributed by atoms with E-state index in [9.17, 15) is 4.79 Å². The predicted molar refractivity (Wildman–Crippen MR) is 114 cm³/mol. The van der Waals surface area contributed by atoms with E-state index in [4.69, 9.17) is 14.2 Å². The quantitative estimate of drug-likeness (QED) is 0.510. The van der Waals surface area contributed by atoms with Crippen molar-refractivity contribution in [1.29, 1.82) is 0 Å². The second-order valence-electron chi connectivity index (χ2n) is 6.39. The lowest BCUT2D eigenvalue weighted by Crippen LogP contribution is -2.25. The van der Waals surface area contributed by atoms with Gasteiger partial charge in [0.05, 0.1) is 12.8 Å². The van der Waals surface area contributed by atoms with Crippen LogP contribution in [0.4, 0.5) is 0 Å². The monoisotopic (exact) mass is 407 g/mol. The third kappa shape index (κ3) is 5.78. The van der Waals surface area contributed by atoms with Gasteiger partial charge in [0.1, 0.15) is 0 Å². The molecule has 0 aliphatic heterocycles. The minimum Gasteiger partial charge on any atom is -0.493 e. The summed E-state index contributed by atoms with van der Waals surface area (Å²) in [5, 5.41) is 11.2. The van der Waals surface area contributed by atoms with E-state index in [1.54, 1.807) is 31.4 Å². The Morgan fingerprint density at radius 1 is 0.967 bits per heavy atom. The Balaban J connectivity index is 1.59. The molecule has 0 saturated carbocycles. The minimum absolute atomic E-state index is 0.107. The number of nitrogens with zero attached hydrogens (tertiary/aromatic N) is 2. The highest BCUT2D eigenvalue weighted by molar-refractivity contribution is 5.94. The maximum absolute atomic E-state index is 12.2. The maximum Gasteiger partial charge on any atom is 0.251 e. The number of benzene rings is 2. The lowest BCUT2D eigenvalue weighted by Gasteiger charge is -2.09. The topological polar surface area (TPSA) is 82.6 Å². The first kappa shape index (κ1) is 21.3. The molecule has 0 aliphatic carbocycles. The summed E-state index contributed by atoms with van der Waals surface area (Å²) in [7, 11) is 1.59. The maximum atomic E-state index is 12.2. The molecular formula is C23H25N3O4. The Labute approximate surface area is 176 Å². The largest absolute Gasteiger partial charge is 0.493 e. The van der Waals surface area contributed by atoms with Gasteiger partial charge in [0.25, 0.3) is 5.91 Å². The molecule has 1 aromatic heterocycles. The fourth-order valence-corrected chi connectivity index (χ4v) is 2.76. The molecule has 0 fully saturated rings.